The highest BCUT2D eigenvalue weighted by molar-refractivity contribution is 5.60. The minimum Gasteiger partial charge on any atom is -0.379 e. The zero-order chi connectivity index (χ0) is 14.5. The largest absolute Gasteiger partial charge is 0.379 e. The van der Waals surface area contributed by atoms with Crippen LogP contribution >= 0.6 is 0 Å². The molecule has 0 aliphatic carbocycles. The average Bonchev–Trinajstić information content (AvgIpc) is 3.17. The van der Waals surface area contributed by atoms with Crippen molar-refractivity contribution in [3.05, 3.63) is 60.7 Å². The number of aromatic nitrogens is 4. The van der Waals surface area contributed by atoms with Crippen LogP contribution in [0.1, 0.15) is 18.9 Å². The lowest BCUT2D eigenvalue weighted by molar-refractivity contribution is 0.602. The Bertz CT molecular complexity index is 684. The molecule has 0 amide bonds. The predicted octanol–water partition coefficient (Wildman–Crippen LogP) is 3.09. The molecule has 0 radical (unpaired) electrons. The maximum absolute atomic E-state index is 4.35. The van der Waals surface area contributed by atoms with Gasteiger partial charge in [-0.15, -0.1) is 0 Å². The van der Waals surface area contributed by atoms with Crippen LogP contribution in [0.4, 0.5) is 5.69 Å². The van der Waals surface area contributed by atoms with E-state index in [4.69, 9.17) is 0 Å². The number of anilines is 1. The summed E-state index contributed by atoms with van der Waals surface area (Å²) < 4.78 is 3.85. The van der Waals surface area contributed by atoms with Crippen LogP contribution in [0.15, 0.2) is 55.1 Å². The fraction of sp³-hybridized carbons (Fsp3) is 0.250. The summed E-state index contributed by atoms with van der Waals surface area (Å²) in [5.74, 6) is 0. The molecule has 0 unspecified atom stereocenters. The molecule has 1 aromatic carbocycles. The average molecular weight is 281 g/mol. The van der Waals surface area contributed by atoms with E-state index in [1.54, 1.807) is 6.20 Å². The molecular weight excluding hydrogens is 262 g/mol. The quantitative estimate of drug-likeness (QED) is 0.755. The van der Waals surface area contributed by atoms with E-state index in [-0.39, 0.29) is 0 Å². The Hall–Kier alpha value is -2.56. The summed E-state index contributed by atoms with van der Waals surface area (Å²) in [6, 6.07) is 10.1. The first-order valence-corrected chi connectivity index (χ1v) is 7.21. The van der Waals surface area contributed by atoms with Crippen LogP contribution in [-0.2, 0) is 13.1 Å². The molecule has 0 saturated heterocycles. The summed E-state index contributed by atoms with van der Waals surface area (Å²) in [4.78, 5) is 0. The Balaban J connectivity index is 1.73. The molecule has 5 heteroatoms. The number of rotatable bonds is 6. The molecule has 0 aliphatic heterocycles. The lowest BCUT2D eigenvalue weighted by Crippen LogP contribution is -2.04. The van der Waals surface area contributed by atoms with E-state index in [9.17, 15) is 0 Å². The van der Waals surface area contributed by atoms with Crippen molar-refractivity contribution in [3.8, 4) is 5.69 Å². The maximum Gasteiger partial charge on any atom is 0.0876 e. The van der Waals surface area contributed by atoms with Gasteiger partial charge in [0.05, 0.1) is 17.6 Å². The molecule has 108 valence electrons. The van der Waals surface area contributed by atoms with Crippen LogP contribution in [0, 0.1) is 0 Å². The summed E-state index contributed by atoms with van der Waals surface area (Å²) in [6.45, 7) is 3.87. The van der Waals surface area contributed by atoms with Crippen LogP contribution in [0.2, 0.25) is 0 Å². The predicted molar refractivity (Wildman–Crippen MR) is 83.4 cm³/mol. The number of nitrogens with one attached hydrogen (secondary N) is 1. The molecule has 0 aliphatic rings. The first-order valence-electron chi connectivity index (χ1n) is 7.21. The third-order valence-corrected chi connectivity index (χ3v) is 3.28. The minimum atomic E-state index is 0.752. The van der Waals surface area contributed by atoms with Gasteiger partial charge >= 0.3 is 0 Å². The Morgan fingerprint density at radius 2 is 2.05 bits per heavy atom. The molecule has 3 aromatic rings. The van der Waals surface area contributed by atoms with Crippen molar-refractivity contribution < 1.29 is 0 Å². The summed E-state index contributed by atoms with van der Waals surface area (Å²) >= 11 is 0. The summed E-state index contributed by atoms with van der Waals surface area (Å²) in [7, 11) is 0. The number of hydrogen-bond acceptors (Lipinski definition) is 3. The van der Waals surface area contributed by atoms with Gasteiger partial charge < -0.3 is 5.32 Å². The monoisotopic (exact) mass is 281 g/mol. The van der Waals surface area contributed by atoms with Gasteiger partial charge in [-0.2, -0.15) is 10.2 Å². The lowest BCUT2D eigenvalue weighted by atomic mass is 10.2. The smallest absolute Gasteiger partial charge is 0.0876 e. The van der Waals surface area contributed by atoms with Crippen LogP contribution in [0.3, 0.4) is 0 Å². The van der Waals surface area contributed by atoms with E-state index in [0.717, 1.165) is 30.9 Å². The number of nitrogens with zero attached hydrogens (tertiary/aromatic N) is 4. The molecule has 3 rings (SSSR count). The van der Waals surface area contributed by atoms with Crippen molar-refractivity contribution >= 4 is 5.69 Å². The van der Waals surface area contributed by atoms with Gasteiger partial charge in [0.15, 0.2) is 0 Å². The number of benzene rings is 1. The Kier molecular flexibility index (Phi) is 4.00. The van der Waals surface area contributed by atoms with Crippen molar-refractivity contribution in [1.29, 1.82) is 0 Å². The summed E-state index contributed by atoms with van der Waals surface area (Å²) in [6.07, 6.45) is 8.83. The second-order valence-corrected chi connectivity index (χ2v) is 4.93. The molecular formula is C16H19N5. The second kappa shape index (κ2) is 6.26. The summed E-state index contributed by atoms with van der Waals surface area (Å²) in [5, 5.41) is 12.1. The van der Waals surface area contributed by atoms with E-state index >= 15 is 0 Å². The molecule has 0 fully saturated rings. The van der Waals surface area contributed by atoms with E-state index < -0.39 is 0 Å². The van der Waals surface area contributed by atoms with E-state index in [0.29, 0.717) is 0 Å². The lowest BCUT2D eigenvalue weighted by Gasteiger charge is -2.11. The minimum absolute atomic E-state index is 0.752. The van der Waals surface area contributed by atoms with Gasteiger partial charge in [-0.3, -0.25) is 4.68 Å². The van der Waals surface area contributed by atoms with Gasteiger partial charge in [0.2, 0.25) is 0 Å². The molecule has 2 heterocycles. The van der Waals surface area contributed by atoms with Gasteiger partial charge in [0.1, 0.15) is 0 Å². The highest BCUT2D eigenvalue weighted by Gasteiger charge is 2.04. The second-order valence-electron chi connectivity index (χ2n) is 4.93. The van der Waals surface area contributed by atoms with Crippen LogP contribution in [0.5, 0.6) is 0 Å². The number of hydrogen-bond donors (Lipinski definition) is 1. The Labute approximate surface area is 124 Å². The van der Waals surface area contributed by atoms with Crippen LogP contribution in [0.25, 0.3) is 5.69 Å². The van der Waals surface area contributed by atoms with E-state index in [1.807, 2.05) is 40.0 Å². The van der Waals surface area contributed by atoms with Gasteiger partial charge in [-0.25, -0.2) is 4.68 Å². The molecule has 21 heavy (non-hydrogen) atoms. The van der Waals surface area contributed by atoms with Gasteiger partial charge in [-0.05, 0) is 24.6 Å². The molecule has 0 saturated carbocycles. The highest BCUT2D eigenvalue weighted by atomic mass is 15.3. The van der Waals surface area contributed by atoms with E-state index in [1.165, 1.54) is 5.56 Å². The third kappa shape index (κ3) is 3.13. The third-order valence-electron chi connectivity index (χ3n) is 3.28. The molecule has 1 N–H and O–H groups in total. The summed E-state index contributed by atoms with van der Waals surface area (Å²) in [5.41, 5.74) is 3.28. The normalized spacial score (nSPS) is 10.7. The molecule has 5 nitrogen and oxygen atoms in total. The Morgan fingerprint density at radius 1 is 1.14 bits per heavy atom. The zero-order valence-electron chi connectivity index (χ0n) is 12.1. The van der Waals surface area contributed by atoms with E-state index in [2.05, 4.69) is 40.8 Å². The number of aryl methyl sites for hydroxylation is 1. The van der Waals surface area contributed by atoms with Gasteiger partial charge in [0, 0.05) is 37.2 Å². The zero-order valence-corrected chi connectivity index (χ0v) is 12.1. The van der Waals surface area contributed by atoms with Crippen molar-refractivity contribution in [3.63, 3.8) is 0 Å². The van der Waals surface area contributed by atoms with Crippen molar-refractivity contribution in [2.45, 2.75) is 26.4 Å². The first-order chi connectivity index (χ1) is 10.4. The topological polar surface area (TPSA) is 47.7 Å². The van der Waals surface area contributed by atoms with Crippen molar-refractivity contribution in [1.82, 2.24) is 19.6 Å². The fourth-order valence-corrected chi connectivity index (χ4v) is 2.28. The molecule has 0 spiro atoms. The fourth-order valence-electron chi connectivity index (χ4n) is 2.28. The highest BCUT2D eigenvalue weighted by Crippen LogP contribution is 2.19. The van der Waals surface area contributed by atoms with Crippen LogP contribution in [-0.4, -0.2) is 19.6 Å². The maximum atomic E-state index is 4.35. The Morgan fingerprint density at radius 3 is 2.86 bits per heavy atom. The number of para-hydroxylation sites is 2. The van der Waals surface area contributed by atoms with Gasteiger partial charge in [0.25, 0.3) is 0 Å². The van der Waals surface area contributed by atoms with Crippen molar-refractivity contribution in [2.24, 2.45) is 0 Å². The van der Waals surface area contributed by atoms with Gasteiger partial charge in [-0.1, -0.05) is 19.1 Å². The SMILES string of the molecule is CCCn1cc(CNc2ccccc2-n2cccn2)cn1. The molecule has 2 aromatic heterocycles. The van der Waals surface area contributed by atoms with Crippen LogP contribution < -0.4 is 5.32 Å². The first kappa shape index (κ1) is 13.4. The molecule has 0 atom stereocenters. The molecule has 0 bridgehead atoms. The van der Waals surface area contributed by atoms with Crippen molar-refractivity contribution in [2.75, 3.05) is 5.32 Å². The standard InChI is InChI=1S/C16H19N5/c1-2-9-20-13-14(12-19-20)11-17-15-6-3-4-7-16(15)21-10-5-8-18-21/h3-8,10,12-13,17H,2,9,11H2,1H3.